The summed E-state index contributed by atoms with van der Waals surface area (Å²) in [7, 11) is 0. The van der Waals surface area contributed by atoms with E-state index in [2.05, 4.69) is 0 Å². The SMILES string of the molecule is CC(F)(F)C1NC(=O)C1O. The number of carbonyl (C=O) groups excluding carboxylic acids is 1. The summed E-state index contributed by atoms with van der Waals surface area (Å²) in [5.74, 6) is -3.76. The van der Waals surface area contributed by atoms with Gasteiger partial charge in [-0.3, -0.25) is 4.79 Å². The van der Waals surface area contributed by atoms with Crippen molar-refractivity contribution in [3.05, 3.63) is 0 Å². The Kier molecular flexibility index (Phi) is 1.39. The molecule has 0 aliphatic carbocycles. The molecule has 0 aromatic rings. The maximum absolute atomic E-state index is 12.2. The van der Waals surface area contributed by atoms with Crippen LogP contribution in [0.25, 0.3) is 0 Å². The second kappa shape index (κ2) is 1.88. The minimum Gasteiger partial charge on any atom is -0.381 e. The van der Waals surface area contributed by atoms with Crippen LogP contribution in [0, 0.1) is 0 Å². The Morgan fingerprint density at radius 1 is 1.70 bits per heavy atom. The van der Waals surface area contributed by atoms with E-state index in [-0.39, 0.29) is 0 Å². The quantitative estimate of drug-likeness (QED) is 0.496. The Morgan fingerprint density at radius 3 is 2.30 bits per heavy atom. The number of carbonyl (C=O) groups is 1. The molecule has 0 aromatic carbocycles. The van der Waals surface area contributed by atoms with Crippen LogP contribution in [0.1, 0.15) is 6.92 Å². The average molecular weight is 151 g/mol. The van der Waals surface area contributed by atoms with E-state index >= 15 is 0 Å². The first-order valence-electron chi connectivity index (χ1n) is 2.79. The van der Waals surface area contributed by atoms with Crippen molar-refractivity contribution in [1.29, 1.82) is 0 Å². The van der Waals surface area contributed by atoms with Gasteiger partial charge in [-0.15, -0.1) is 0 Å². The molecule has 2 atom stereocenters. The summed E-state index contributed by atoms with van der Waals surface area (Å²) in [6.45, 7) is 0.653. The summed E-state index contributed by atoms with van der Waals surface area (Å²) in [5.41, 5.74) is 0. The van der Waals surface area contributed by atoms with E-state index in [1.807, 2.05) is 5.32 Å². The van der Waals surface area contributed by atoms with Gasteiger partial charge in [-0.05, 0) is 0 Å². The van der Waals surface area contributed by atoms with Crippen LogP contribution in [0.3, 0.4) is 0 Å². The number of halogens is 2. The van der Waals surface area contributed by atoms with Crippen molar-refractivity contribution >= 4 is 5.91 Å². The first kappa shape index (κ1) is 7.40. The number of aliphatic hydroxyl groups is 1. The van der Waals surface area contributed by atoms with Crippen molar-refractivity contribution < 1.29 is 18.7 Å². The summed E-state index contributed by atoms with van der Waals surface area (Å²) in [6, 6.07) is -1.40. The first-order valence-corrected chi connectivity index (χ1v) is 2.79. The third kappa shape index (κ3) is 0.965. The monoisotopic (exact) mass is 151 g/mol. The predicted molar refractivity (Wildman–Crippen MR) is 28.6 cm³/mol. The summed E-state index contributed by atoms with van der Waals surface area (Å²) in [5, 5.41) is 10.5. The van der Waals surface area contributed by atoms with Gasteiger partial charge in [-0.1, -0.05) is 0 Å². The molecule has 1 saturated heterocycles. The zero-order chi connectivity index (χ0) is 7.94. The number of aliphatic hydroxyl groups excluding tert-OH is 1. The Morgan fingerprint density at radius 2 is 2.20 bits per heavy atom. The molecule has 1 aliphatic rings. The molecule has 2 unspecified atom stereocenters. The van der Waals surface area contributed by atoms with Gasteiger partial charge in [-0.25, -0.2) is 8.78 Å². The van der Waals surface area contributed by atoms with Crippen LogP contribution in [0.15, 0.2) is 0 Å². The molecule has 3 nitrogen and oxygen atoms in total. The molecule has 1 heterocycles. The van der Waals surface area contributed by atoms with E-state index < -0.39 is 24.0 Å². The fourth-order valence-electron chi connectivity index (χ4n) is 0.777. The molecule has 1 amide bonds. The number of hydrogen-bond donors (Lipinski definition) is 2. The first-order chi connectivity index (χ1) is 4.43. The molecule has 0 spiro atoms. The summed E-state index contributed by atoms with van der Waals surface area (Å²) >= 11 is 0. The topological polar surface area (TPSA) is 49.3 Å². The Balaban J connectivity index is 2.56. The summed E-state index contributed by atoms with van der Waals surface area (Å²) in [4.78, 5) is 10.2. The number of rotatable bonds is 1. The second-order valence-electron chi connectivity index (χ2n) is 2.39. The zero-order valence-corrected chi connectivity index (χ0v) is 5.27. The zero-order valence-electron chi connectivity index (χ0n) is 5.27. The summed E-state index contributed by atoms with van der Waals surface area (Å²) < 4.78 is 24.4. The minimum atomic E-state index is -3.03. The van der Waals surface area contributed by atoms with Crippen LogP contribution >= 0.6 is 0 Å². The molecule has 1 aliphatic heterocycles. The molecule has 0 aromatic heterocycles. The lowest BCUT2D eigenvalue weighted by Crippen LogP contribution is -2.68. The molecular formula is C5H7F2NO2. The third-order valence-electron chi connectivity index (χ3n) is 1.43. The van der Waals surface area contributed by atoms with Gasteiger partial charge in [0.2, 0.25) is 0 Å². The van der Waals surface area contributed by atoms with Crippen molar-refractivity contribution in [1.82, 2.24) is 5.32 Å². The van der Waals surface area contributed by atoms with Crippen LogP contribution in [-0.4, -0.2) is 29.1 Å². The van der Waals surface area contributed by atoms with Gasteiger partial charge in [0.05, 0.1) is 0 Å². The van der Waals surface area contributed by atoms with Crippen molar-refractivity contribution in [2.45, 2.75) is 25.0 Å². The fourth-order valence-corrected chi connectivity index (χ4v) is 0.777. The van der Waals surface area contributed by atoms with Crippen molar-refractivity contribution in [3.8, 4) is 0 Å². The highest BCUT2D eigenvalue weighted by atomic mass is 19.3. The van der Waals surface area contributed by atoms with Gasteiger partial charge < -0.3 is 10.4 Å². The average Bonchev–Trinajstić information content (AvgIpc) is 1.79. The minimum absolute atomic E-state index is 0.653. The lowest BCUT2D eigenvalue weighted by atomic mass is 9.97. The van der Waals surface area contributed by atoms with E-state index in [1.165, 1.54) is 0 Å². The number of hydrogen-bond acceptors (Lipinski definition) is 2. The molecular weight excluding hydrogens is 144 g/mol. The summed E-state index contributed by atoms with van der Waals surface area (Å²) in [6.07, 6.45) is -1.54. The van der Waals surface area contributed by atoms with Crippen LogP contribution in [0.2, 0.25) is 0 Å². The molecule has 1 fully saturated rings. The Hall–Kier alpha value is -0.710. The van der Waals surface area contributed by atoms with Crippen LogP contribution < -0.4 is 5.32 Å². The smallest absolute Gasteiger partial charge is 0.268 e. The highest BCUT2D eigenvalue weighted by molar-refractivity contribution is 5.88. The van der Waals surface area contributed by atoms with E-state index in [4.69, 9.17) is 5.11 Å². The molecule has 0 radical (unpaired) electrons. The largest absolute Gasteiger partial charge is 0.381 e. The van der Waals surface area contributed by atoms with Crippen LogP contribution in [0.4, 0.5) is 8.78 Å². The van der Waals surface area contributed by atoms with Crippen molar-refractivity contribution in [2.24, 2.45) is 0 Å². The van der Waals surface area contributed by atoms with E-state index in [0.29, 0.717) is 6.92 Å². The second-order valence-corrected chi connectivity index (χ2v) is 2.39. The number of β-lactam (4-membered cyclic amide) rings is 1. The van der Waals surface area contributed by atoms with Crippen molar-refractivity contribution in [3.63, 3.8) is 0 Å². The number of alkyl halides is 2. The molecule has 10 heavy (non-hydrogen) atoms. The van der Waals surface area contributed by atoms with Gasteiger partial charge >= 0.3 is 0 Å². The van der Waals surface area contributed by atoms with E-state index in [0.717, 1.165) is 0 Å². The highest BCUT2D eigenvalue weighted by Crippen LogP contribution is 2.24. The highest BCUT2D eigenvalue weighted by Gasteiger charge is 2.50. The molecule has 1 rings (SSSR count). The van der Waals surface area contributed by atoms with Crippen LogP contribution in [0.5, 0.6) is 0 Å². The van der Waals surface area contributed by atoms with Gasteiger partial charge in [0.25, 0.3) is 11.8 Å². The number of amides is 1. The Labute approximate surface area is 56.0 Å². The third-order valence-corrected chi connectivity index (χ3v) is 1.43. The predicted octanol–water partition coefficient (Wildman–Crippen LogP) is -0.499. The van der Waals surface area contributed by atoms with Crippen LogP contribution in [-0.2, 0) is 4.79 Å². The Bertz CT molecular complexity index is 166. The van der Waals surface area contributed by atoms with Gasteiger partial charge in [0.15, 0.2) is 6.10 Å². The fraction of sp³-hybridized carbons (Fsp3) is 0.800. The lowest BCUT2D eigenvalue weighted by Gasteiger charge is -2.36. The van der Waals surface area contributed by atoms with Gasteiger partial charge in [-0.2, -0.15) is 0 Å². The maximum atomic E-state index is 12.2. The molecule has 0 saturated carbocycles. The van der Waals surface area contributed by atoms with Gasteiger partial charge in [0, 0.05) is 6.92 Å². The molecule has 58 valence electrons. The standard InChI is InChI=1S/C5H7F2NO2/c1-5(6,7)3-2(9)4(10)8-3/h2-3,9H,1H3,(H,8,10). The number of nitrogens with one attached hydrogen (secondary N) is 1. The lowest BCUT2D eigenvalue weighted by molar-refractivity contribution is -0.160. The van der Waals surface area contributed by atoms with E-state index in [9.17, 15) is 13.6 Å². The molecule has 0 bridgehead atoms. The molecule has 5 heteroatoms. The van der Waals surface area contributed by atoms with E-state index in [1.54, 1.807) is 0 Å². The van der Waals surface area contributed by atoms with Gasteiger partial charge in [0.1, 0.15) is 6.04 Å². The normalized spacial score (nSPS) is 33.0. The maximum Gasteiger partial charge on any atom is 0.268 e. The van der Waals surface area contributed by atoms with Crippen molar-refractivity contribution in [2.75, 3.05) is 0 Å². The molecule has 2 N–H and O–H groups in total.